The molecule has 0 spiro atoms. The first-order valence-corrected chi connectivity index (χ1v) is 11.3. The second-order valence-corrected chi connectivity index (χ2v) is 9.38. The minimum Gasteiger partial charge on any atom is -0.325 e. The van der Waals surface area contributed by atoms with E-state index in [0.29, 0.717) is 19.5 Å². The van der Waals surface area contributed by atoms with Gasteiger partial charge in [0.2, 0.25) is 5.91 Å². The Bertz CT molecular complexity index is 1350. The average Bonchev–Trinajstić information content (AvgIpc) is 3.04. The Kier molecular flexibility index (Phi) is 5.85. The summed E-state index contributed by atoms with van der Waals surface area (Å²) in [7, 11) is 0. The van der Waals surface area contributed by atoms with E-state index in [0.717, 1.165) is 22.5 Å². The van der Waals surface area contributed by atoms with Gasteiger partial charge in [-0.15, -0.1) is 0 Å². The zero-order valence-corrected chi connectivity index (χ0v) is 18.7. The number of H-pyrrole nitrogens is 1. The predicted molar refractivity (Wildman–Crippen MR) is 126 cm³/mol. The van der Waals surface area contributed by atoms with Crippen LogP contribution in [0.5, 0.6) is 0 Å². The van der Waals surface area contributed by atoms with Gasteiger partial charge in [-0.25, -0.2) is 4.98 Å². The van der Waals surface area contributed by atoms with Crippen LogP contribution in [-0.4, -0.2) is 26.2 Å². The standard InChI is InChI=1S/C21H18N4O2S3/c1-12-6-8-15(9-7-12)25-18-17(30-21(25)28)19(27)24-20(23-18)29-11-16(26)22-14-5-3-4-13(2)10-14/h3-10H,11H2,1-2H3,(H,22,26)(H,23,24,27). The fourth-order valence-corrected chi connectivity index (χ4v) is 4.86. The summed E-state index contributed by atoms with van der Waals surface area (Å²) in [6.45, 7) is 3.97. The summed E-state index contributed by atoms with van der Waals surface area (Å²) in [6, 6.07) is 15.4. The molecule has 0 atom stereocenters. The van der Waals surface area contributed by atoms with Crippen molar-refractivity contribution < 1.29 is 4.79 Å². The molecule has 0 aliphatic carbocycles. The van der Waals surface area contributed by atoms with Gasteiger partial charge in [0.15, 0.2) is 14.8 Å². The van der Waals surface area contributed by atoms with Gasteiger partial charge in [0, 0.05) is 11.4 Å². The third-order valence-electron chi connectivity index (χ3n) is 4.35. The van der Waals surface area contributed by atoms with Crippen molar-refractivity contribution in [1.29, 1.82) is 0 Å². The minimum atomic E-state index is -0.261. The molecule has 0 bridgehead atoms. The van der Waals surface area contributed by atoms with E-state index in [2.05, 4.69) is 15.3 Å². The number of aryl methyl sites for hydroxylation is 2. The zero-order chi connectivity index (χ0) is 21.3. The summed E-state index contributed by atoms with van der Waals surface area (Å²) < 4.78 is 2.81. The number of nitrogens with zero attached hydrogens (tertiary/aromatic N) is 2. The van der Waals surface area contributed by atoms with Crippen LogP contribution in [0.2, 0.25) is 0 Å². The SMILES string of the molecule is Cc1ccc(-n2c(=S)sc3c(=O)[nH]c(SCC(=O)Nc4cccc(C)c4)nc32)cc1. The van der Waals surface area contributed by atoms with E-state index in [9.17, 15) is 9.59 Å². The van der Waals surface area contributed by atoms with Gasteiger partial charge in [-0.3, -0.25) is 14.2 Å². The van der Waals surface area contributed by atoms with Gasteiger partial charge in [-0.1, -0.05) is 52.9 Å². The number of fused-ring (bicyclic) bond motifs is 1. The zero-order valence-electron chi connectivity index (χ0n) is 16.3. The van der Waals surface area contributed by atoms with Gasteiger partial charge in [0.1, 0.15) is 4.70 Å². The fourth-order valence-electron chi connectivity index (χ4n) is 2.94. The van der Waals surface area contributed by atoms with Gasteiger partial charge in [-0.2, -0.15) is 0 Å². The maximum Gasteiger partial charge on any atom is 0.271 e. The first kappa shape index (κ1) is 20.5. The number of benzene rings is 2. The molecule has 0 saturated heterocycles. The smallest absolute Gasteiger partial charge is 0.271 e. The van der Waals surface area contributed by atoms with E-state index in [4.69, 9.17) is 12.2 Å². The molecule has 0 unspecified atom stereocenters. The minimum absolute atomic E-state index is 0.123. The summed E-state index contributed by atoms with van der Waals surface area (Å²) >= 11 is 7.88. The molecule has 0 radical (unpaired) electrons. The van der Waals surface area contributed by atoms with Crippen molar-refractivity contribution in [3.63, 3.8) is 0 Å². The molecule has 152 valence electrons. The quantitative estimate of drug-likeness (QED) is 0.256. The molecule has 4 aromatic rings. The van der Waals surface area contributed by atoms with Crippen LogP contribution in [0.25, 0.3) is 16.0 Å². The first-order valence-electron chi connectivity index (χ1n) is 9.13. The van der Waals surface area contributed by atoms with Crippen LogP contribution in [-0.2, 0) is 4.79 Å². The molecule has 2 aromatic heterocycles. The number of aromatic amines is 1. The van der Waals surface area contributed by atoms with Crippen molar-refractivity contribution in [3.05, 3.63) is 74.0 Å². The lowest BCUT2D eigenvalue weighted by molar-refractivity contribution is -0.113. The number of thioether (sulfide) groups is 1. The van der Waals surface area contributed by atoms with E-state index in [-0.39, 0.29) is 17.2 Å². The van der Waals surface area contributed by atoms with Crippen LogP contribution in [0.1, 0.15) is 11.1 Å². The number of carbonyl (C=O) groups is 1. The molecule has 0 aliphatic rings. The molecule has 0 fully saturated rings. The highest BCUT2D eigenvalue weighted by atomic mass is 32.2. The number of thiazole rings is 1. The summed E-state index contributed by atoms with van der Waals surface area (Å²) in [5.74, 6) is -0.0494. The van der Waals surface area contributed by atoms with Crippen LogP contribution in [0, 0.1) is 17.8 Å². The molecule has 2 N–H and O–H groups in total. The second kappa shape index (κ2) is 8.55. The number of nitrogens with one attached hydrogen (secondary N) is 2. The maximum atomic E-state index is 12.6. The van der Waals surface area contributed by atoms with Crippen LogP contribution in [0.15, 0.2) is 58.5 Å². The normalized spacial score (nSPS) is 11.0. The van der Waals surface area contributed by atoms with E-state index in [1.54, 1.807) is 4.57 Å². The molecule has 4 rings (SSSR count). The Morgan fingerprint density at radius 2 is 1.97 bits per heavy atom. The largest absolute Gasteiger partial charge is 0.325 e. The number of hydrogen-bond acceptors (Lipinski definition) is 6. The Hall–Kier alpha value is -2.75. The Morgan fingerprint density at radius 1 is 1.20 bits per heavy atom. The second-order valence-electron chi connectivity index (χ2n) is 6.77. The third-order valence-corrected chi connectivity index (χ3v) is 6.59. The number of amides is 1. The fraction of sp³-hybridized carbons (Fsp3) is 0.143. The van der Waals surface area contributed by atoms with Crippen LogP contribution < -0.4 is 10.9 Å². The maximum absolute atomic E-state index is 12.6. The molecular weight excluding hydrogens is 436 g/mol. The molecule has 30 heavy (non-hydrogen) atoms. The van der Waals surface area contributed by atoms with Gasteiger partial charge in [0.25, 0.3) is 5.56 Å². The molecular formula is C21H18N4O2S3. The van der Waals surface area contributed by atoms with Crippen molar-refractivity contribution in [2.45, 2.75) is 19.0 Å². The lowest BCUT2D eigenvalue weighted by Gasteiger charge is -2.07. The number of hydrogen-bond donors (Lipinski definition) is 2. The van der Waals surface area contributed by atoms with Gasteiger partial charge < -0.3 is 10.3 Å². The monoisotopic (exact) mass is 454 g/mol. The molecule has 6 nitrogen and oxygen atoms in total. The number of anilines is 1. The summed E-state index contributed by atoms with van der Waals surface area (Å²) in [5.41, 5.74) is 4.02. The topological polar surface area (TPSA) is 79.8 Å². The van der Waals surface area contributed by atoms with Gasteiger partial charge in [-0.05, 0) is 55.9 Å². The number of rotatable bonds is 5. The average molecular weight is 455 g/mol. The van der Waals surface area contributed by atoms with Crippen molar-refractivity contribution in [2.24, 2.45) is 0 Å². The van der Waals surface area contributed by atoms with Crippen LogP contribution in [0.4, 0.5) is 5.69 Å². The number of carbonyl (C=O) groups excluding carboxylic acids is 1. The van der Waals surface area contributed by atoms with Crippen molar-refractivity contribution in [3.8, 4) is 5.69 Å². The van der Waals surface area contributed by atoms with Crippen molar-refractivity contribution in [1.82, 2.24) is 14.5 Å². The molecule has 0 aliphatic heterocycles. The molecule has 2 heterocycles. The van der Waals surface area contributed by atoms with Crippen molar-refractivity contribution in [2.75, 3.05) is 11.1 Å². The molecule has 0 saturated carbocycles. The highest BCUT2D eigenvalue weighted by molar-refractivity contribution is 7.99. The molecule has 1 amide bonds. The van der Waals surface area contributed by atoms with E-state index in [1.807, 2.05) is 62.4 Å². The Morgan fingerprint density at radius 3 is 2.70 bits per heavy atom. The Balaban J connectivity index is 1.60. The Labute approximate surface area is 186 Å². The summed E-state index contributed by atoms with van der Waals surface area (Å²) in [4.78, 5) is 32.2. The van der Waals surface area contributed by atoms with Crippen molar-refractivity contribution >= 4 is 57.3 Å². The van der Waals surface area contributed by atoms with E-state index >= 15 is 0 Å². The summed E-state index contributed by atoms with van der Waals surface area (Å²) in [6.07, 6.45) is 0. The third kappa shape index (κ3) is 4.38. The lowest BCUT2D eigenvalue weighted by atomic mass is 10.2. The number of aromatic nitrogens is 3. The van der Waals surface area contributed by atoms with E-state index in [1.165, 1.54) is 23.1 Å². The van der Waals surface area contributed by atoms with Crippen LogP contribution in [0.3, 0.4) is 0 Å². The van der Waals surface area contributed by atoms with Crippen LogP contribution >= 0.6 is 35.3 Å². The van der Waals surface area contributed by atoms with Gasteiger partial charge in [0.05, 0.1) is 5.75 Å². The molecule has 2 aromatic carbocycles. The van der Waals surface area contributed by atoms with E-state index < -0.39 is 0 Å². The highest BCUT2D eigenvalue weighted by Crippen LogP contribution is 2.25. The summed E-state index contributed by atoms with van der Waals surface area (Å²) in [5, 5.41) is 3.23. The predicted octanol–water partition coefficient (Wildman–Crippen LogP) is 4.85. The highest BCUT2D eigenvalue weighted by Gasteiger charge is 2.14. The molecule has 9 heteroatoms. The first-order chi connectivity index (χ1) is 14.4. The van der Waals surface area contributed by atoms with Gasteiger partial charge >= 0.3 is 0 Å². The lowest BCUT2D eigenvalue weighted by Crippen LogP contribution is -2.15.